The maximum Gasteiger partial charge on any atom is -0.0319 e. The Bertz CT molecular complexity index is 86.6. The third-order valence-electron chi connectivity index (χ3n) is 0.383. The van der Waals surface area contributed by atoms with E-state index in [1.165, 1.54) is 6.08 Å². The molecular formula is C9H13. The van der Waals surface area contributed by atoms with Gasteiger partial charge in [-0.3, -0.25) is 0 Å². The fourth-order valence-corrected chi connectivity index (χ4v) is 0.157. The smallest absolute Gasteiger partial charge is 0.0319 e. The van der Waals surface area contributed by atoms with Crippen LogP contribution >= 0.6 is 0 Å². The van der Waals surface area contributed by atoms with Crippen LogP contribution in [0.5, 0.6) is 0 Å². The van der Waals surface area contributed by atoms with Gasteiger partial charge in [0.1, 0.15) is 0 Å². The third-order valence-corrected chi connectivity index (χ3v) is 0.383. The van der Waals surface area contributed by atoms with Crippen molar-refractivity contribution < 1.29 is 0 Å². The summed E-state index contributed by atoms with van der Waals surface area (Å²) < 4.78 is 0. The van der Waals surface area contributed by atoms with E-state index in [0.29, 0.717) is 0 Å². The highest BCUT2D eigenvalue weighted by Crippen LogP contribution is 1.69. The number of rotatable bonds is 2. The van der Waals surface area contributed by atoms with Crippen LogP contribution in [0.3, 0.4) is 0 Å². The molecule has 0 aromatic heterocycles. The van der Waals surface area contributed by atoms with Crippen LogP contribution in [0.25, 0.3) is 0 Å². The van der Waals surface area contributed by atoms with E-state index in [9.17, 15) is 0 Å². The van der Waals surface area contributed by atoms with Gasteiger partial charge in [-0.2, -0.15) is 0 Å². The van der Waals surface area contributed by atoms with Crippen molar-refractivity contribution >= 4 is 0 Å². The average molecular weight is 121 g/mol. The molecule has 0 amide bonds. The van der Waals surface area contributed by atoms with Gasteiger partial charge in [0.2, 0.25) is 0 Å². The van der Waals surface area contributed by atoms with Gasteiger partial charge in [-0.1, -0.05) is 43.5 Å². The number of allylic oxidation sites excluding steroid dienone is 5. The van der Waals surface area contributed by atoms with Gasteiger partial charge in [0.15, 0.2) is 0 Å². The first-order chi connectivity index (χ1) is 4.33. The van der Waals surface area contributed by atoms with Crippen LogP contribution in [-0.2, 0) is 0 Å². The predicted octanol–water partition coefficient (Wildman–Crippen LogP) is 2.92. The molecule has 0 rings (SSSR count). The maximum absolute atomic E-state index is 3.46. The summed E-state index contributed by atoms with van der Waals surface area (Å²) in [4.78, 5) is 0. The first kappa shape index (κ1) is 10.9. The van der Waals surface area contributed by atoms with Crippen LogP contribution in [0.15, 0.2) is 50.1 Å². The molecule has 0 aliphatic heterocycles. The lowest BCUT2D eigenvalue weighted by atomic mass is 10.5. The van der Waals surface area contributed by atoms with Gasteiger partial charge in [0, 0.05) is 0 Å². The van der Waals surface area contributed by atoms with Crippen LogP contribution < -0.4 is 0 Å². The topological polar surface area (TPSA) is 0 Å². The summed E-state index contributed by atoms with van der Waals surface area (Å²) >= 11 is 0. The van der Waals surface area contributed by atoms with Crippen molar-refractivity contribution in [1.29, 1.82) is 0 Å². The Morgan fingerprint density at radius 3 is 1.11 bits per heavy atom. The molecule has 0 N–H and O–H groups in total. The van der Waals surface area contributed by atoms with Crippen LogP contribution in [-0.4, -0.2) is 0 Å². The molecule has 0 spiro atoms. The second-order valence-corrected chi connectivity index (χ2v) is 1.14. The van der Waals surface area contributed by atoms with Gasteiger partial charge < -0.3 is 0 Å². The fourth-order valence-electron chi connectivity index (χ4n) is 0.157. The normalized spacial score (nSPS) is 7.22. The predicted molar refractivity (Wildman–Crippen MR) is 45.1 cm³/mol. The average Bonchev–Trinajstić information content (AvgIpc) is 1.86. The zero-order chi connectivity index (χ0) is 7.54. The minimum atomic E-state index is 1.50. The van der Waals surface area contributed by atoms with Crippen LogP contribution in [0, 0.1) is 6.92 Å². The summed E-state index contributed by atoms with van der Waals surface area (Å²) in [5, 5.41) is 0. The van der Waals surface area contributed by atoms with Gasteiger partial charge in [-0.05, 0) is 6.92 Å². The molecule has 0 atom stereocenters. The molecule has 49 valence electrons. The molecule has 0 bridgehead atoms. The first-order valence-corrected chi connectivity index (χ1v) is 2.63. The van der Waals surface area contributed by atoms with Crippen molar-refractivity contribution in [3.8, 4) is 0 Å². The van der Waals surface area contributed by atoms with E-state index in [1.54, 1.807) is 12.2 Å². The van der Waals surface area contributed by atoms with E-state index in [2.05, 4.69) is 26.7 Å². The Labute approximate surface area is 57.9 Å². The molecule has 0 aromatic carbocycles. The molecule has 0 aromatic rings. The Hall–Kier alpha value is -1.04. The molecule has 0 fully saturated rings. The zero-order valence-electron chi connectivity index (χ0n) is 5.72. The summed E-state index contributed by atoms with van der Waals surface area (Å²) in [6, 6.07) is 0. The van der Waals surface area contributed by atoms with Crippen LogP contribution in [0.2, 0.25) is 0 Å². The Balaban J connectivity index is 0. The molecule has 0 saturated carbocycles. The molecule has 1 radical (unpaired) electrons. The van der Waals surface area contributed by atoms with Gasteiger partial charge in [0.05, 0.1) is 0 Å². The van der Waals surface area contributed by atoms with Crippen molar-refractivity contribution in [2.75, 3.05) is 0 Å². The molecule has 0 aliphatic carbocycles. The Morgan fingerprint density at radius 1 is 0.778 bits per heavy atom. The van der Waals surface area contributed by atoms with Crippen molar-refractivity contribution in [3.05, 3.63) is 57.0 Å². The van der Waals surface area contributed by atoms with Crippen molar-refractivity contribution in [3.63, 3.8) is 0 Å². The van der Waals surface area contributed by atoms with Gasteiger partial charge in [-0.25, -0.2) is 0 Å². The summed E-state index contributed by atoms with van der Waals surface area (Å²) in [7, 11) is 0. The highest BCUT2D eigenvalue weighted by atomic mass is 13.5. The van der Waals surface area contributed by atoms with E-state index in [4.69, 9.17) is 0 Å². The molecule has 0 heteroatoms. The third kappa shape index (κ3) is 44.6. The van der Waals surface area contributed by atoms with E-state index < -0.39 is 0 Å². The van der Waals surface area contributed by atoms with Gasteiger partial charge in [-0.15, -0.1) is 6.58 Å². The van der Waals surface area contributed by atoms with E-state index in [0.717, 1.165) is 0 Å². The molecule has 9 heavy (non-hydrogen) atoms. The highest BCUT2D eigenvalue weighted by molar-refractivity contribution is 5.05. The quantitative estimate of drug-likeness (QED) is 0.493. The largest absolute Gasteiger partial charge is 0.103 e. The minimum Gasteiger partial charge on any atom is -0.103 e. The summed E-state index contributed by atoms with van der Waals surface area (Å²) in [6.45, 7) is 13.4. The monoisotopic (exact) mass is 121 g/mol. The summed E-state index contributed by atoms with van der Waals surface area (Å²) in [5.74, 6) is 0. The second-order valence-electron chi connectivity index (χ2n) is 1.14. The van der Waals surface area contributed by atoms with Crippen molar-refractivity contribution in [2.45, 2.75) is 0 Å². The Kier molecular flexibility index (Phi) is 19.0. The van der Waals surface area contributed by atoms with Gasteiger partial charge >= 0.3 is 0 Å². The van der Waals surface area contributed by atoms with E-state index >= 15 is 0 Å². The van der Waals surface area contributed by atoms with E-state index in [1.807, 2.05) is 12.2 Å². The molecule has 0 saturated heterocycles. The van der Waals surface area contributed by atoms with Crippen molar-refractivity contribution in [1.82, 2.24) is 0 Å². The summed E-state index contributed by atoms with van der Waals surface area (Å²) in [5.41, 5.74) is 0. The number of hydrogen-bond acceptors (Lipinski definition) is 0. The fraction of sp³-hybridized carbons (Fsp3) is 0. The van der Waals surface area contributed by atoms with Crippen LogP contribution in [0.1, 0.15) is 0 Å². The number of hydrogen-bond donors (Lipinski definition) is 0. The van der Waals surface area contributed by atoms with Gasteiger partial charge in [0.25, 0.3) is 0 Å². The molecule has 0 aliphatic rings. The second kappa shape index (κ2) is 15.8. The SMILES string of the molecule is C=C/C=C/C=C.[CH2]C=C. The lowest BCUT2D eigenvalue weighted by Gasteiger charge is -1.60. The highest BCUT2D eigenvalue weighted by Gasteiger charge is 1.47. The van der Waals surface area contributed by atoms with E-state index in [-0.39, 0.29) is 0 Å². The maximum atomic E-state index is 3.46. The van der Waals surface area contributed by atoms with Crippen molar-refractivity contribution in [2.24, 2.45) is 0 Å². The summed E-state index contributed by atoms with van der Waals surface area (Å²) in [6.07, 6.45) is 8.57. The first-order valence-electron chi connectivity index (χ1n) is 2.63. The zero-order valence-corrected chi connectivity index (χ0v) is 5.72. The lowest BCUT2D eigenvalue weighted by Crippen LogP contribution is -1.38. The molecule has 0 nitrogen and oxygen atoms in total. The standard InChI is InChI=1S/C6H8.C3H5/c1-3-5-6-4-2;1-3-2/h3-6H,1-2H2;3H,1-2H2/b6-5+;. The molecule has 0 unspecified atom stereocenters. The molecule has 0 heterocycles. The minimum absolute atomic E-state index is 1.50. The van der Waals surface area contributed by atoms with Crippen LogP contribution in [0.4, 0.5) is 0 Å². The lowest BCUT2D eigenvalue weighted by molar-refractivity contribution is 1.98. The Morgan fingerprint density at radius 2 is 1.00 bits per heavy atom. The molecular weight excluding hydrogens is 108 g/mol.